The fraction of sp³-hybridized carbons (Fsp3) is 0.250. The van der Waals surface area contributed by atoms with Crippen LogP contribution in [0.1, 0.15) is 5.82 Å². The molecule has 2 heterocycles. The highest BCUT2D eigenvalue weighted by Crippen LogP contribution is 2.26. The molecule has 21 heavy (non-hydrogen) atoms. The van der Waals surface area contributed by atoms with Crippen LogP contribution in [0.4, 0.5) is 14.5 Å². The number of hydrogen-bond acceptors (Lipinski definition) is 4. The molecule has 0 fully saturated rings. The number of sulfonamides is 1. The van der Waals surface area contributed by atoms with E-state index < -0.39 is 26.6 Å². The van der Waals surface area contributed by atoms with Crippen molar-refractivity contribution >= 4 is 15.7 Å². The first-order chi connectivity index (χ1) is 9.89. The van der Waals surface area contributed by atoms with Gasteiger partial charge in [0, 0.05) is 31.2 Å². The maximum absolute atomic E-state index is 13.8. The van der Waals surface area contributed by atoms with E-state index in [0.29, 0.717) is 12.4 Å². The fourth-order valence-electron chi connectivity index (χ4n) is 2.27. The minimum atomic E-state index is -4.17. The topological polar surface area (TPSA) is 81.2 Å². The summed E-state index contributed by atoms with van der Waals surface area (Å²) in [6, 6.07) is 1.67. The number of aromatic nitrogens is 2. The second kappa shape index (κ2) is 4.78. The number of nitrogens with two attached hydrogens (primary N) is 1. The van der Waals surface area contributed by atoms with E-state index >= 15 is 0 Å². The molecule has 0 unspecified atom stereocenters. The van der Waals surface area contributed by atoms with Gasteiger partial charge in [-0.2, -0.15) is 4.31 Å². The van der Waals surface area contributed by atoms with Crippen LogP contribution in [0.5, 0.6) is 0 Å². The third-order valence-corrected chi connectivity index (χ3v) is 5.19. The van der Waals surface area contributed by atoms with Crippen LogP contribution >= 0.6 is 0 Å². The van der Waals surface area contributed by atoms with Crippen LogP contribution in [-0.2, 0) is 23.1 Å². The summed E-state index contributed by atoms with van der Waals surface area (Å²) in [4.78, 5) is 3.29. The molecule has 0 atom stereocenters. The third-order valence-electron chi connectivity index (χ3n) is 3.34. The summed E-state index contributed by atoms with van der Waals surface area (Å²) in [5, 5.41) is 0. The van der Waals surface area contributed by atoms with E-state index in [1.54, 1.807) is 12.4 Å². The van der Waals surface area contributed by atoms with Crippen molar-refractivity contribution in [2.45, 2.75) is 18.0 Å². The third kappa shape index (κ3) is 2.28. The fourth-order valence-corrected chi connectivity index (χ4v) is 3.76. The summed E-state index contributed by atoms with van der Waals surface area (Å²) in [6.07, 6.45) is 3.30. The van der Waals surface area contributed by atoms with Crippen LogP contribution in [0.25, 0.3) is 0 Å². The van der Waals surface area contributed by atoms with Gasteiger partial charge in [-0.15, -0.1) is 0 Å². The summed E-state index contributed by atoms with van der Waals surface area (Å²) in [6.45, 7) is 0.563. The lowest BCUT2D eigenvalue weighted by Gasteiger charge is -2.27. The standard InChI is InChI=1S/C12H12F2N4O2S/c13-9-5-8(15)6-10(12(9)14)21(19,20)18-4-3-17-2-1-16-11(17)7-18/h1-2,5-6H,3-4,7,15H2. The summed E-state index contributed by atoms with van der Waals surface area (Å²) in [7, 11) is -4.17. The number of hydrogen-bond donors (Lipinski definition) is 1. The minimum absolute atomic E-state index is 0.00515. The highest BCUT2D eigenvalue weighted by atomic mass is 32.2. The van der Waals surface area contributed by atoms with Crippen LogP contribution in [0, 0.1) is 11.6 Å². The van der Waals surface area contributed by atoms with E-state index in [9.17, 15) is 17.2 Å². The van der Waals surface area contributed by atoms with E-state index in [1.165, 1.54) is 0 Å². The molecule has 0 spiro atoms. The molecule has 1 aliphatic rings. The van der Waals surface area contributed by atoms with Crippen molar-refractivity contribution in [3.63, 3.8) is 0 Å². The Morgan fingerprint density at radius 2 is 2.00 bits per heavy atom. The van der Waals surface area contributed by atoms with Crippen molar-refractivity contribution in [3.05, 3.63) is 42.0 Å². The largest absolute Gasteiger partial charge is 0.399 e. The average Bonchev–Trinajstić information content (AvgIpc) is 2.89. The van der Waals surface area contributed by atoms with E-state index in [0.717, 1.165) is 16.4 Å². The molecule has 0 bridgehead atoms. The molecule has 2 aromatic rings. The van der Waals surface area contributed by atoms with E-state index in [1.807, 2.05) is 4.57 Å². The van der Waals surface area contributed by atoms with Crippen molar-refractivity contribution in [2.75, 3.05) is 12.3 Å². The Kier molecular flexibility index (Phi) is 3.18. The number of rotatable bonds is 2. The Hall–Kier alpha value is -2.00. The molecule has 3 rings (SSSR count). The second-order valence-corrected chi connectivity index (χ2v) is 6.60. The van der Waals surface area contributed by atoms with Crippen molar-refractivity contribution < 1.29 is 17.2 Å². The van der Waals surface area contributed by atoms with Crippen LogP contribution < -0.4 is 5.73 Å². The van der Waals surface area contributed by atoms with Crippen molar-refractivity contribution in [3.8, 4) is 0 Å². The monoisotopic (exact) mass is 314 g/mol. The zero-order valence-corrected chi connectivity index (χ0v) is 11.6. The first-order valence-corrected chi connectivity index (χ1v) is 7.58. The Labute approximate surface area is 119 Å². The van der Waals surface area contributed by atoms with Gasteiger partial charge in [0.1, 0.15) is 10.7 Å². The summed E-state index contributed by atoms with van der Waals surface area (Å²) >= 11 is 0. The SMILES string of the molecule is Nc1cc(F)c(F)c(S(=O)(=O)N2CCn3ccnc3C2)c1. The Morgan fingerprint density at radius 3 is 2.76 bits per heavy atom. The van der Waals surface area contributed by atoms with Gasteiger partial charge in [-0.25, -0.2) is 22.2 Å². The molecule has 0 aliphatic carbocycles. The number of benzene rings is 1. The number of fused-ring (bicyclic) bond motifs is 1. The maximum atomic E-state index is 13.8. The van der Waals surface area contributed by atoms with Gasteiger partial charge in [0.15, 0.2) is 11.6 Å². The van der Waals surface area contributed by atoms with Crippen LogP contribution in [0.15, 0.2) is 29.4 Å². The van der Waals surface area contributed by atoms with Crippen LogP contribution in [-0.4, -0.2) is 28.8 Å². The molecular weight excluding hydrogens is 302 g/mol. The lowest BCUT2D eigenvalue weighted by atomic mass is 10.3. The van der Waals surface area contributed by atoms with Crippen LogP contribution in [0.2, 0.25) is 0 Å². The predicted octanol–water partition coefficient (Wildman–Crippen LogP) is 0.948. The van der Waals surface area contributed by atoms with Gasteiger partial charge in [-0.1, -0.05) is 0 Å². The maximum Gasteiger partial charge on any atom is 0.246 e. The minimum Gasteiger partial charge on any atom is -0.399 e. The molecule has 2 N–H and O–H groups in total. The number of nitrogens with zero attached hydrogens (tertiary/aromatic N) is 3. The summed E-state index contributed by atoms with van der Waals surface area (Å²) in [5.41, 5.74) is 5.26. The molecule has 1 aliphatic heterocycles. The first kappa shape index (κ1) is 14.0. The van der Waals surface area contributed by atoms with Gasteiger partial charge in [0.05, 0.1) is 6.54 Å². The van der Waals surface area contributed by atoms with Crippen molar-refractivity contribution in [1.29, 1.82) is 0 Å². The molecule has 1 aromatic heterocycles. The average molecular weight is 314 g/mol. The Bertz CT molecular complexity index is 804. The zero-order chi connectivity index (χ0) is 15.2. The van der Waals surface area contributed by atoms with Gasteiger partial charge < -0.3 is 10.3 Å². The molecule has 6 nitrogen and oxygen atoms in total. The van der Waals surface area contributed by atoms with E-state index in [2.05, 4.69) is 4.98 Å². The van der Waals surface area contributed by atoms with E-state index in [4.69, 9.17) is 5.73 Å². The number of halogens is 2. The number of anilines is 1. The number of imidazole rings is 1. The van der Waals surface area contributed by atoms with E-state index in [-0.39, 0.29) is 18.8 Å². The first-order valence-electron chi connectivity index (χ1n) is 6.14. The van der Waals surface area contributed by atoms with Gasteiger partial charge in [-0.3, -0.25) is 0 Å². The molecular formula is C12H12F2N4O2S. The Morgan fingerprint density at radius 1 is 1.24 bits per heavy atom. The second-order valence-electron chi connectivity index (χ2n) is 4.69. The predicted molar refractivity (Wildman–Crippen MR) is 70.6 cm³/mol. The normalized spacial score (nSPS) is 15.9. The lowest BCUT2D eigenvalue weighted by Crippen LogP contribution is -2.38. The smallest absolute Gasteiger partial charge is 0.246 e. The highest BCUT2D eigenvalue weighted by molar-refractivity contribution is 7.89. The summed E-state index contributed by atoms with van der Waals surface area (Å²) < 4.78 is 55.0. The Balaban J connectivity index is 2.03. The highest BCUT2D eigenvalue weighted by Gasteiger charge is 2.32. The van der Waals surface area contributed by atoms with Gasteiger partial charge in [-0.05, 0) is 12.1 Å². The lowest BCUT2D eigenvalue weighted by molar-refractivity contribution is 0.333. The van der Waals surface area contributed by atoms with Gasteiger partial charge in [0.25, 0.3) is 0 Å². The molecule has 9 heteroatoms. The quantitative estimate of drug-likeness (QED) is 0.837. The molecule has 0 amide bonds. The van der Waals surface area contributed by atoms with Crippen molar-refractivity contribution in [1.82, 2.24) is 13.9 Å². The summed E-state index contributed by atoms with van der Waals surface area (Å²) in [5.74, 6) is -2.15. The molecule has 1 aromatic carbocycles. The van der Waals surface area contributed by atoms with Crippen LogP contribution in [0.3, 0.4) is 0 Å². The number of nitrogen functional groups attached to an aromatic ring is 1. The van der Waals surface area contributed by atoms with Gasteiger partial charge >= 0.3 is 0 Å². The molecule has 112 valence electrons. The molecule has 0 saturated heterocycles. The van der Waals surface area contributed by atoms with Crippen molar-refractivity contribution in [2.24, 2.45) is 0 Å². The molecule has 0 radical (unpaired) electrons. The van der Waals surface area contributed by atoms with Gasteiger partial charge in [0.2, 0.25) is 10.0 Å². The zero-order valence-electron chi connectivity index (χ0n) is 10.8. The molecule has 0 saturated carbocycles.